The highest BCUT2D eigenvalue weighted by atomic mass is 35.5. The smallest absolute Gasteiger partial charge is 0.336 e. The van der Waals surface area contributed by atoms with Crippen LogP contribution in [0.2, 0.25) is 10.0 Å². The molecule has 0 aliphatic carbocycles. The fourth-order valence-corrected chi connectivity index (χ4v) is 5.03. The number of fused-ring (bicyclic) bond motifs is 5. The molecule has 1 saturated heterocycles. The van der Waals surface area contributed by atoms with Crippen molar-refractivity contribution in [2.75, 3.05) is 13.2 Å². The van der Waals surface area contributed by atoms with E-state index in [2.05, 4.69) is 0 Å². The Bertz CT molecular complexity index is 1390. The minimum atomic E-state index is -0.431. The molecule has 1 fully saturated rings. The number of nitrogens with zero attached hydrogens (tertiary/aromatic N) is 4. The lowest BCUT2D eigenvalue weighted by Crippen LogP contribution is -2.40. The first-order valence-corrected chi connectivity index (χ1v) is 11.0. The van der Waals surface area contributed by atoms with Gasteiger partial charge in [0.1, 0.15) is 17.5 Å². The molecule has 168 valence electrons. The third-order valence-electron chi connectivity index (χ3n) is 6.27. The van der Waals surface area contributed by atoms with Crippen LogP contribution in [0.15, 0.2) is 41.2 Å². The molecular formula is C23H18Cl2N4O4. The first kappa shape index (κ1) is 21.4. The molecule has 2 atom stereocenters. The third-order valence-corrected chi connectivity index (χ3v) is 7.01. The van der Waals surface area contributed by atoms with E-state index in [1.165, 1.54) is 10.6 Å². The predicted molar refractivity (Wildman–Crippen MR) is 121 cm³/mol. The van der Waals surface area contributed by atoms with E-state index in [9.17, 15) is 20.0 Å². The molecule has 0 spiro atoms. The summed E-state index contributed by atoms with van der Waals surface area (Å²) in [5, 5.41) is 21.0. The second-order valence-electron chi connectivity index (χ2n) is 8.07. The molecule has 2 aliphatic rings. The number of hydrogen-bond acceptors (Lipinski definition) is 5. The summed E-state index contributed by atoms with van der Waals surface area (Å²) < 4.78 is 8.32. The lowest BCUT2D eigenvalue weighted by atomic mass is 10.1. The molecule has 2 bridgehead atoms. The summed E-state index contributed by atoms with van der Waals surface area (Å²) in [7, 11) is 0. The van der Waals surface area contributed by atoms with E-state index < -0.39 is 11.7 Å². The average Bonchev–Trinajstić information content (AvgIpc) is 3.47. The highest BCUT2D eigenvalue weighted by Gasteiger charge is 2.49. The Labute approximate surface area is 198 Å². The maximum atomic E-state index is 13.2. The fraction of sp³-hybridized carbons (Fsp3) is 0.261. The Morgan fingerprint density at radius 2 is 1.97 bits per heavy atom. The Kier molecular flexibility index (Phi) is 5.11. The van der Waals surface area contributed by atoms with Crippen molar-refractivity contribution in [3.8, 4) is 23.4 Å². The number of aromatic nitrogens is 2. The summed E-state index contributed by atoms with van der Waals surface area (Å²) in [5.41, 5.74) is 1.19. The summed E-state index contributed by atoms with van der Waals surface area (Å²) in [6, 6.07) is 11.1. The van der Waals surface area contributed by atoms with E-state index in [0.29, 0.717) is 40.7 Å². The molecule has 0 unspecified atom stereocenters. The molecule has 1 amide bonds. The number of imidazole rings is 1. The van der Waals surface area contributed by atoms with Crippen LogP contribution in [0.25, 0.3) is 5.69 Å². The molecule has 3 aromatic rings. The van der Waals surface area contributed by atoms with Crippen LogP contribution >= 0.6 is 23.2 Å². The summed E-state index contributed by atoms with van der Waals surface area (Å²) in [4.78, 5) is 27.7. The molecule has 1 aromatic heterocycles. The molecule has 1 N–H and O–H groups in total. The maximum absolute atomic E-state index is 13.2. The fourth-order valence-electron chi connectivity index (χ4n) is 4.70. The number of carbonyl (C=O) groups is 1. The van der Waals surface area contributed by atoms with Crippen molar-refractivity contribution in [1.82, 2.24) is 14.0 Å². The zero-order chi connectivity index (χ0) is 23.4. The van der Waals surface area contributed by atoms with Gasteiger partial charge in [0.2, 0.25) is 5.88 Å². The molecular weight excluding hydrogens is 467 g/mol. The Balaban J connectivity index is 1.44. The number of carbonyl (C=O) groups excluding carboxylic acids is 1. The van der Waals surface area contributed by atoms with Crippen LogP contribution < -0.4 is 10.4 Å². The zero-order valence-electron chi connectivity index (χ0n) is 17.5. The topological polar surface area (TPSA) is 100 Å². The normalized spacial score (nSPS) is 18.3. The Hall–Kier alpha value is -3.41. The van der Waals surface area contributed by atoms with E-state index in [-0.39, 0.29) is 35.0 Å². The van der Waals surface area contributed by atoms with Crippen molar-refractivity contribution in [3.05, 3.63) is 73.7 Å². The van der Waals surface area contributed by atoms with Gasteiger partial charge in [-0.25, -0.2) is 9.36 Å². The second-order valence-corrected chi connectivity index (χ2v) is 8.89. The number of aromatic hydroxyl groups is 1. The van der Waals surface area contributed by atoms with Gasteiger partial charge in [-0.2, -0.15) is 5.26 Å². The molecule has 2 aliphatic heterocycles. The second kappa shape index (κ2) is 7.87. The van der Waals surface area contributed by atoms with E-state index in [0.717, 1.165) is 0 Å². The molecule has 10 heteroatoms. The SMILES string of the molecule is Cc1c(-n2c(O)c3n(c2=O)[C@H]2C[C@@H]3N(C(=O)COc3ccc(Cl)cc3)C2)ccc(C#N)c1Cl. The van der Waals surface area contributed by atoms with Crippen molar-refractivity contribution in [1.29, 1.82) is 5.26 Å². The summed E-state index contributed by atoms with van der Waals surface area (Å²) in [6.45, 7) is 1.88. The average molecular weight is 485 g/mol. The van der Waals surface area contributed by atoms with Gasteiger partial charge < -0.3 is 14.7 Å². The van der Waals surface area contributed by atoms with Crippen LogP contribution in [0.4, 0.5) is 0 Å². The lowest BCUT2D eigenvalue weighted by molar-refractivity contribution is -0.134. The minimum Gasteiger partial charge on any atom is -0.493 e. The van der Waals surface area contributed by atoms with E-state index in [4.69, 9.17) is 27.9 Å². The standard InChI is InChI=1S/C23H18Cl2N4O4/c1-12-17(7-2-13(9-26)20(12)25)29-22(31)21-18-8-15(28(21)23(29)32)10-27(18)19(30)11-33-16-5-3-14(24)4-6-16/h2-7,15,18,31H,8,10-11H2,1H3/t15-,18-/m0/s1. The van der Waals surface area contributed by atoms with Crippen LogP contribution in [-0.4, -0.2) is 38.2 Å². The molecule has 8 nitrogen and oxygen atoms in total. The minimum absolute atomic E-state index is 0.166. The number of ether oxygens (including phenoxy) is 1. The number of hydrogen-bond donors (Lipinski definition) is 1. The number of benzene rings is 2. The van der Waals surface area contributed by atoms with Gasteiger partial charge in [0.05, 0.1) is 28.4 Å². The van der Waals surface area contributed by atoms with Gasteiger partial charge in [0.15, 0.2) is 6.61 Å². The van der Waals surface area contributed by atoms with Crippen LogP contribution in [0, 0.1) is 18.3 Å². The molecule has 33 heavy (non-hydrogen) atoms. The van der Waals surface area contributed by atoms with Crippen molar-refractivity contribution >= 4 is 29.1 Å². The van der Waals surface area contributed by atoms with Crippen LogP contribution in [0.3, 0.4) is 0 Å². The van der Waals surface area contributed by atoms with E-state index in [1.807, 2.05) is 6.07 Å². The first-order chi connectivity index (χ1) is 15.8. The summed E-state index contributed by atoms with van der Waals surface area (Å²) in [5.74, 6) is 0.0598. The third kappa shape index (κ3) is 3.27. The lowest BCUT2D eigenvalue weighted by Gasteiger charge is -2.27. The molecule has 2 aromatic carbocycles. The highest BCUT2D eigenvalue weighted by Crippen LogP contribution is 2.48. The van der Waals surface area contributed by atoms with Gasteiger partial charge in [0, 0.05) is 11.6 Å². The van der Waals surface area contributed by atoms with Crippen LogP contribution in [0.5, 0.6) is 11.6 Å². The zero-order valence-corrected chi connectivity index (χ0v) is 19.0. The predicted octanol–water partition coefficient (Wildman–Crippen LogP) is 3.74. The van der Waals surface area contributed by atoms with Gasteiger partial charge in [-0.3, -0.25) is 9.36 Å². The molecule has 5 rings (SSSR count). The summed E-state index contributed by atoms with van der Waals surface area (Å²) >= 11 is 12.1. The number of amides is 1. The van der Waals surface area contributed by atoms with Gasteiger partial charge >= 0.3 is 5.69 Å². The van der Waals surface area contributed by atoms with Gasteiger partial charge in [-0.15, -0.1) is 0 Å². The molecule has 0 radical (unpaired) electrons. The quantitative estimate of drug-likeness (QED) is 0.607. The van der Waals surface area contributed by atoms with E-state index >= 15 is 0 Å². The molecule has 3 heterocycles. The van der Waals surface area contributed by atoms with Gasteiger partial charge in [0.25, 0.3) is 5.91 Å². The van der Waals surface area contributed by atoms with Crippen LogP contribution in [0.1, 0.15) is 35.3 Å². The monoisotopic (exact) mass is 484 g/mol. The summed E-state index contributed by atoms with van der Waals surface area (Å²) in [6.07, 6.45) is 0.554. The van der Waals surface area contributed by atoms with Crippen LogP contribution in [-0.2, 0) is 4.79 Å². The maximum Gasteiger partial charge on any atom is 0.336 e. The number of rotatable bonds is 4. The number of halogens is 2. The van der Waals surface area contributed by atoms with Gasteiger partial charge in [-0.05, 0) is 55.3 Å². The number of likely N-dealkylation sites (tertiary alicyclic amines) is 1. The first-order valence-electron chi connectivity index (χ1n) is 10.2. The van der Waals surface area contributed by atoms with Crippen molar-refractivity contribution in [3.63, 3.8) is 0 Å². The Morgan fingerprint density at radius 1 is 1.24 bits per heavy atom. The molecule has 0 saturated carbocycles. The highest BCUT2D eigenvalue weighted by molar-refractivity contribution is 6.32. The van der Waals surface area contributed by atoms with Gasteiger partial charge in [-0.1, -0.05) is 23.2 Å². The number of nitriles is 1. The largest absolute Gasteiger partial charge is 0.493 e. The van der Waals surface area contributed by atoms with E-state index in [1.54, 1.807) is 46.7 Å². The van der Waals surface area contributed by atoms with Crippen molar-refractivity contribution < 1.29 is 14.6 Å². The Morgan fingerprint density at radius 3 is 2.67 bits per heavy atom. The van der Waals surface area contributed by atoms with Crippen molar-refractivity contribution in [2.24, 2.45) is 0 Å². The van der Waals surface area contributed by atoms with Crippen molar-refractivity contribution in [2.45, 2.75) is 25.4 Å².